The lowest BCUT2D eigenvalue weighted by molar-refractivity contribution is -0.146. The molecule has 0 atom stereocenters. The maximum atomic E-state index is 11.6. The van der Waals surface area contributed by atoms with E-state index in [9.17, 15) is 4.79 Å². The molecule has 1 rings (SSSR count). The second-order valence-electron chi connectivity index (χ2n) is 6.25. The maximum Gasteiger partial charge on any atom is 0.305 e. The van der Waals surface area contributed by atoms with Crippen molar-refractivity contribution in [3.8, 4) is 6.07 Å². The Hall–Kier alpha value is -1.08. The molecule has 1 aliphatic rings. The fraction of sp³-hybridized carbons (Fsp3) is 0.867. The van der Waals surface area contributed by atoms with E-state index in [4.69, 9.17) is 15.1 Å². The summed E-state index contributed by atoms with van der Waals surface area (Å²) in [5.74, 6) is 0.673. The van der Waals surface area contributed by atoms with E-state index in [1.165, 1.54) is 0 Å². The highest BCUT2D eigenvalue weighted by Gasteiger charge is 2.23. The Morgan fingerprint density at radius 2 is 1.89 bits per heavy atom. The van der Waals surface area contributed by atoms with Crippen molar-refractivity contribution in [3.05, 3.63) is 0 Å². The first kappa shape index (κ1) is 16.0. The number of aliphatic hydroxyl groups excluding tert-OH is 1. The van der Waals surface area contributed by atoms with E-state index in [0.29, 0.717) is 31.3 Å². The fourth-order valence-electron chi connectivity index (χ4n) is 2.33. The lowest BCUT2D eigenvalue weighted by Gasteiger charge is -2.26. The van der Waals surface area contributed by atoms with Crippen LogP contribution in [0, 0.1) is 28.6 Å². The van der Waals surface area contributed by atoms with Crippen LogP contribution in [-0.2, 0) is 9.53 Å². The second kappa shape index (κ2) is 7.49. The van der Waals surface area contributed by atoms with E-state index in [1.54, 1.807) is 0 Å². The Morgan fingerprint density at radius 1 is 1.32 bits per heavy atom. The maximum absolute atomic E-state index is 11.6. The minimum Gasteiger partial charge on any atom is -0.465 e. The van der Waals surface area contributed by atoms with E-state index in [1.807, 2.05) is 13.8 Å². The van der Waals surface area contributed by atoms with Gasteiger partial charge in [-0.25, -0.2) is 0 Å². The molecule has 0 radical (unpaired) electrons. The molecule has 0 saturated heterocycles. The van der Waals surface area contributed by atoms with Gasteiger partial charge in [0.05, 0.1) is 18.1 Å². The Labute approximate surface area is 115 Å². The number of rotatable bonds is 6. The molecule has 0 spiro atoms. The van der Waals surface area contributed by atoms with Crippen molar-refractivity contribution in [3.63, 3.8) is 0 Å². The predicted octanol–water partition coefficient (Wildman–Crippen LogP) is 2.66. The number of hydrogen-bond donors (Lipinski definition) is 1. The average Bonchev–Trinajstić information content (AvgIpc) is 2.43. The minimum absolute atomic E-state index is 0.201. The summed E-state index contributed by atoms with van der Waals surface area (Å²) in [7, 11) is 0. The second-order valence-corrected chi connectivity index (χ2v) is 6.25. The van der Waals surface area contributed by atoms with Crippen LogP contribution in [-0.4, -0.2) is 24.3 Å². The molecule has 0 aromatic rings. The summed E-state index contributed by atoms with van der Waals surface area (Å²) in [6.07, 6.45) is 4.97. The third kappa shape index (κ3) is 6.07. The summed E-state index contributed by atoms with van der Waals surface area (Å²) in [5.41, 5.74) is -0.460. The van der Waals surface area contributed by atoms with Gasteiger partial charge in [-0.1, -0.05) is 0 Å². The van der Waals surface area contributed by atoms with Crippen LogP contribution in [0.2, 0.25) is 0 Å². The Morgan fingerprint density at radius 3 is 2.42 bits per heavy atom. The normalized spacial score (nSPS) is 23.7. The summed E-state index contributed by atoms with van der Waals surface area (Å²) in [6.45, 7) is 4.42. The molecule has 4 heteroatoms. The third-order valence-corrected chi connectivity index (χ3v) is 3.96. The predicted molar refractivity (Wildman–Crippen MR) is 72.1 cm³/mol. The van der Waals surface area contributed by atoms with Gasteiger partial charge >= 0.3 is 5.97 Å². The number of hydrogen-bond acceptors (Lipinski definition) is 4. The molecular formula is C15H25NO3. The molecule has 1 fully saturated rings. The van der Waals surface area contributed by atoms with Crippen molar-refractivity contribution in [2.45, 2.75) is 52.4 Å². The van der Waals surface area contributed by atoms with Crippen molar-refractivity contribution in [1.29, 1.82) is 5.26 Å². The first-order valence-corrected chi connectivity index (χ1v) is 7.14. The van der Waals surface area contributed by atoms with Gasteiger partial charge in [-0.05, 0) is 57.8 Å². The standard InChI is InChI=1S/C15H25NO3/c1-15(2,11-16)8-7-14(18)19-10-13-5-3-12(9-17)4-6-13/h12-13,17H,3-10H2,1-2H3. The van der Waals surface area contributed by atoms with Crippen LogP contribution in [0.25, 0.3) is 0 Å². The summed E-state index contributed by atoms with van der Waals surface area (Å²) < 4.78 is 5.28. The quantitative estimate of drug-likeness (QED) is 0.751. The molecule has 19 heavy (non-hydrogen) atoms. The minimum atomic E-state index is -0.460. The summed E-state index contributed by atoms with van der Waals surface area (Å²) in [4.78, 5) is 11.6. The molecule has 108 valence electrons. The highest BCUT2D eigenvalue weighted by molar-refractivity contribution is 5.69. The Balaban J connectivity index is 2.16. The highest BCUT2D eigenvalue weighted by Crippen LogP contribution is 2.28. The van der Waals surface area contributed by atoms with Crippen LogP contribution in [0.3, 0.4) is 0 Å². The van der Waals surface area contributed by atoms with Gasteiger partial charge in [0.25, 0.3) is 0 Å². The van der Waals surface area contributed by atoms with Crippen molar-refractivity contribution in [1.82, 2.24) is 0 Å². The zero-order valence-corrected chi connectivity index (χ0v) is 12.0. The van der Waals surface area contributed by atoms with Crippen molar-refractivity contribution in [2.75, 3.05) is 13.2 Å². The number of ether oxygens (including phenoxy) is 1. The van der Waals surface area contributed by atoms with Crippen LogP contribution < -0.4 is 0 Å². The molecule has 4 nitrogen and oxygen atoms in total. The van der Waals surface area contributed by atoms with E-state index in [0.717, 1.165) is 25.7 Å². The van der Waals surface area contributed by atoms with E-state index in [-0.39, 0.29) is 12.6 Å². The largest absolute Gasteiger partial charge is 0.465 e. The van der Waals surface area contributed by atoms with Gasteiger partial charge in [0.1, 0.15) is 0 Å². The van der Waals surface area contributed by atoms with Crippen LogP contribution in [0.5, 0.6) is 0 Å². The zero-order chi connectivity index (χ0) is 14.3. The van der Waals surface area contributed by atoms with Gasteiger partial charge in [-0.2, -0.15) is 5.26 Å². The summed E-state index contributed by atoms with van der Waals surface area (Å²) in [6, 6.07) is 2.18. The first-order chi connectivity index (χ1) is 8.96. The number of carbonyl (C=O) groups excluding carboxylic acids is 1. The van der Waals surface area contributed by atoms with Gasteiger partial charge in [-0.3, -0.25) is 4.79 Å². The molecule has 0 bridgehead atoms. The van der Waals surface area contributed by atoms with E-state index < -0.39 is 5.41 Å². The number of nitriles is 1. The molecule has 1 N–H and O–H groups in total. The number of aliphatic hydroxyl groups is 1. The van der Waals surface area contributed by atoms with Gasteiger partial charge < -0.3 is 9.84 Å². The average molecular weight is 267 g/mol. The molecule has 1 aliphatic carbocycles. The molecule has 0 aromatic carbocycles. The lowest BCUT2D eigenvalue weighted by Crippen LogP contribution is -2.22. The molecule has 0 amide bonds. The van der Waals surface area contributed by atoms with Crippen molar-refractivity contribution in [2.24, 2.45) is 17.3 Å². The fourth-order valence-corrected chi connectivity index (χ4v) is 2.33. The first-order valence-electron chi connectivity index (χ1n) is 7.14. The number of carbonyl (C=O) groups is 1. The third-order valence-electron chi connectivity index (χ3n) is 3.96. The van der Waals surface area contributed by atoms with Gasteiger partial charge in [0, 0.05) is 13.0 Å². The molecular weight excluding hydrogens is 242 g/mol. The van der Waals surface area contributed by atoms with Gasteiger partial charge in [-0.15, -0.1) is 0 Å². The van der Waals surface area contributed by atoms with Crippen LogP contribution in [0.4, 0.5) is 0 Å². The van der Waals surface area contributed by atoms with Gasteiger partial charge in [0.2, 0.25) is 0 Å². The topological polar surface area (TPSA) is 70.3 Å². The van der Waals surface area contributed by atoms with Crippen LogP contribution in [0.15, 0.2) is 0 Å². The summed E-state index contributed by atoms with van der Waals surface area (Å²) >= 11 is 0. The molecule has 0 unspecified atom stereocenters. The van der Waals surface area contributed by atoms with Crippen LogP contribution >= 0.6 is 0 Å². The smallest absolute Gasteiger partial charge is 0.305 e. The van der Waals surface area contributed by atoms with E-state index >= 15 is 0 Å². The Kier molecular flexibility index (Phi) is 6.30. The van der Waals surface area contributed by atoms with Gasteiger partial charge in [0.15, 0.2) is 0 Å². The molecule has 0 heterocycles. The monoisotopic (exact) mass is 267 g/mol. The highest BCUT2D eigenvalue weighted by atomic mass is 16.5. The molecule has 1 saturated carbocycles. The van der Waals surface area contributed by atoms with Crippen molar-refractivity contribution >= 4 is 5.97 Å². The lowest BCUT2D eigenvalue weighted by atomic mass is 9.83. The zero-order valence-electron chi connectivity index (χ0n) is 12.0. The molecule has 0 aromatic heterocycles. The summed E-state index contributed by atoms with van der Waals surface area (Å²) in [5, 5.41) is 17.9. The Bertz CT molecular complexity index is 325. The molecule has 0 aliphatic heterocycles. The van der Waals surface area contributed by atoms with E-state index in [2.05, 4.69) is 6.07 Å². The number of esters is 1. The van der Waals surface area contributed by atoms with Crippen LogP contribution in [0.1, 0.15) is 52.4 Å². The SMILES string of the molecule is CC(C)(C#N)CCC(=O)OCC1CCC(CO)CC1. The van der Waals surface area contributed by atoms with Crippen molar-refractivity contribution < 1.29 is 14.6 Å². The number of nitrogens with zero attached hydrogens (tertiary/aromatic N) is 1.